The molecule has 1 atom stereocenters. The number of fused-ring (bicyclic) bond motifs is 6. The van der Waals surface area contributed by atoms with E-state index in [1.807, 2.05) is 24.3 Å². The van der Waals surface area contributed by atoms with Gasteiger partial charge >= 0.3 is 6.18 Å². The molecule has 1 aromatic carbocycles. The summed E-state index contributed by atoms with van der Waals surface area (Å²) in [6.07, 6.45) is 0.163. The number of nitrogens with zero attached hydrogens (tertiary/aromatic N) is 5. The molecule has 11 nitrogen and oxygen atoms in total. The Morgan fingerprint density at radius 2 is 1.75 bits per heavy atom. The van der Waals surface area contributed by atoms with Crippen molar-refractivity contribution in [1.29, 1.82) is 0 Å². The number of hydrogen-bond acceptors (Lipinski definition) is 9. The Labute approximate surface area is 277 Å². The van der Waals surface area contributed by atoms with Crippen LogP contribution in [0.3, 0.4) is 0 Å². The van der Waals surface area contributed by atoms with E-state index >= 15 is 0 Å². The second-order valence-electron chi connectivity index (χ2n) is 12.4. The van der Waals surface area contributed by atoms with E-state index in [9.17, 15) is 31.8 Å². The number of benzene rings is 1. The van der Waals surface area contributed by atoms with Crippen LogP contribution in [0.25, 0.3) is 16.9 Å². The Morgan fingerprint density at radius 1 is 0.979 bits per heavy atom. The van der Waals surface area contributed by atoms with Crippen molar-refractivity contribution in [3.8, 4) is 22.8 Å². The van der Waals surface area contributed by atoms with Gasteiger partial charge in [-0.3, -0.25) is 4.72 Å². The van der Waals surface area contributed by atoms with Gasteiger partial charge in [-0.05, 0) is 62.9 Å². The molecule has 4 bridgehead atoms. The summed E-state index contributed by atoms with van der Waals surface area (Å²) in [5.74, 6) is 0.359. The number of hydrogen-bond donors (Lipinski definition) is 3. The number of rotatable bonds is 7. The summed E-state index contributed by atoms with van der Waals surface area (Å²) < 4.78 is 76.8. The van der Waals surface area contributed by atoms with Crippen LogP contribution in [-0.2, 0) is 16.4 Å². The number of alkyl halides is 3. The van der Waals surface area contributed by atoms with Crippen molar-refractivity contribution in [1.82, 2.24) is 19.7 Å². The molecule has 1 unspecified atom stereocenters. The SMILES string of the molecule is CC(C)(COc1ccn(-c2ccc3nc2-c2ccccc2CCCCCCN(CC(O)CO)c2cccc(n2)S(=O)(=O)N3)n1)C(F)(F)F. The Bertz CT molecular complexity index is 1820. The minimum atomic E-state index is -4.46. The van der Waals surface area contributed by atoms with E-state index in [0.29, 0.717) is 30.2 Å². The predicted octanol–water partition coefficient (Wildman–Crippen LogP) is 5.37. The van der Waals surface area contributed by atoms with E-state index in [-0.39, 0.29) is 23.3 Å². The fourth-order valence-electron chi connectivity index (χ4n) is 5.22. The lowest BCUT2D eigenvalue weighted by atomic mass is 9.94. The number of sulfonamides is 1. The number of aryl methyl sites for hydroxylation is 1. The van der Waals surface area contributed by atoms with Crippen LogP contribution in [0.1, 0.15) is 45.1 Å². The molecule has 3 N–H and O–H groups in total. The average molecular weight is 689 g/mol. The normalized spacial score (nSPS) is 16.4. The van der Waals surface area contributed by atoms with E-state index in [2.05, 4.69) is 14.8 Å². The molecule has 48 heavy (non-hydrogen) atoms. The Hall–Kier alpha value is -4.21. The number of anilines is 2. The van der Waals surface area contributed by atoms with E-state index in [1.165, 1.54) is 22.9 Å². The van der Waals surface area contributed by atoms with E-state index in [1.54, 1.807) is 29.3 Å². The van der Waals surface area contributed by atoms with Crippen LogP contribution in [-0.4, -0.2) is 77.0 Å². The third-order valence-corrected chi connectivity index (χ3v) is 9.38. The lowest BCUT2D eigenvalue weighted by Gasteiger charge is -2.26. The van der Waals surface area contributed by atoms with Crippen molar-refractivity contribution in [3.05, 3.63) is 72.4 Å². The lowest BCUT2D eigenvalue weighted by molar-refractivity contribution is -0.219. The molecule has 0 fully saturated rings. The highest BCUT2D eigenvalue weighted by atomic mass is 32.2. The first-order valence-electron chi connectivity index (χ1n) is 15.7. The van der Waals surface area contributed by atoms with Gasteiger partial charge in [-0.25, -0.2) is 14.6 Å². The van der Waals surface area contributed by atoms with Gasteiger partial charge in [-0.15, -0.1) is 5.10 Å². The second-order valence-corrected chi connectivity index (χ2v) is 14.0. The van der Waals surface area contributed by atoms with E-state index < -0.39 is 40.9 Å². The van der Waals surface area contributed by atoms with Crippen LogP contribution < -0.4 is 14.4 Å². The molecule has 258 valence electrons. The largest absolute Gasteiger partial charge is 0.476 e. The molecule has 0 saturated heterocycles. The predicted molar refractivity (Wildman–Crippen MR) is 175 cm³/mol. The number of β-amino-alcohol motifs (C(OH)–C–C–N with tert-alkyl or cyclic N) is 1. The van der Waals surface area contributed by atoms with E-state index in [0.717, 1.165) is 50.7 Å². The molecule has 0 spiro atoms. The number of nitrogens with one attached hydrogen (secondary N) is 1. The molecule has 3 aromatic heterocycles. The highest BCUT2D eigenvalue weighted by molar-refractivity contribution is 7.92. The minimum absolute atomic E-state index is 0.00614. The number of pyridine rings is 2. The van der Waals surface area contributed by atoms with Gasteiger partial charge in [-0.1, -0.05) is 43.2 Å². The molecular formula is C33H39F3N6O5S. The number of aliphatic hydroxyl groups excluding tert-OH is 2. The first-order chi connectivity index (χ1) is 22.8. The summed E-state index contributed by atoms with van der Waals surface area (Å²) in [4.78, 5) is 10.9. The van der Waals surface area contributed by atoms with Crippen LogP contribution >= 0.6 is 0 Å². The molecule has 5 rings (SSSR count). The summed E-state index contributed by atoms with van der Waals surface area (Å²) in [6, 6.07) is 16.8. The maximum absolute atomic E-state index is 13.6. The number of aliphatic hydroxyl groups is 2. The molecular weight excluding hydrogens is 649 g/mol. The molecule has 0 saturated carbocycles. The number of halogens is 3. The smallest absolute Gasteiger partial charge is 0.397 e. The van der Waals surface area contributed by atoms with E-state index in [4.69, 9.17) is 9.72 Å². The van der Waals surface area contributed by atoms with Crippen LogP contribution in [0.4, 0.5) is 24.8 Å². The standard InChI is InChI=1S/C33H39F3N6O5S/c1-32(2,33(34,35)36)22-47-29-17-19-42(39-29)26-15-16-27-37-31(26)25-12-7-6-11-23(25)10-5-3-4-8-18-41(20-24(44)21-43)28-13-9-14-30(38-28)48(45,46)40-27/h6-7,9,11-17,19,24,43-44H,3-5,8,10,18,20-22H2,1-2H3,(H,37,40). The number of ether oxygens (including phenoxy) is 1. The maximum Gasteiger partial charge on any atom is 0.397 e. The molecule has 1 aliphatic heterocycles. The van der Waals surface area contributed by atoms with Crippen molar-refractivity contribution >= 4 is 21.7 Å². The molecule has 15 heteroatoms. The second kappa shape index (κ2) is 14.5. The molecule has 0 radical (unpaired) electrons. The van der Waals surface area contributed by atoms with Crippen LogP contribution in [0.5, 0.6) is 5.88 Å². The zero-order valence-corrected chi connectivity index (χ0v) is 27.5. The van der Waals surface area contributed by atoms with Gasteiger partial charge < -0.3 is 19.8 Å². The highest BCUT2D eigenvalue weighted by Crippen LogP contribution is 2.38. The van der Waals surface area contributed by atoms with Crippen molar-refractivity contribution in [2.45, 2.75) is 63.3 Å². The first-order valence-corrected chi connectivity index (χ1v) is 17.1. The van der Waals surface area contributed by atoms with Crippen molar-refractivity contribution < 1.29 is 36.5 Å². The fourth-order valence-corrected chi connectivity index (χ4v) is 6.18. The van der Waals surface area contributed by atoms with Gasteiger partial charge in [0.2, 0.25) is 5.88 Å². The van der Waals surface area contributed by atoms with Gasteiger partial charge in [0.25, 0.3) is 10.0 Å². The quantitative estimate of drug-likeness (QED) is 0.234. The summed E-state index contributed by atoms with van der Waals surface area (Å²) in [6.45, 7) is 1.63. The van der Waals surface area contributed by atoms with Crippen molar-refractivity contribution in [2.75, 3.05) is 35.9 Å². The third-order valence-electron chi connectivity index (χ3n) is 8.12. The summed E-state index contributed by atoms with van der Waals surface area (Å²) >= 11 is 0. The molecule has 1 aliphatic rings. The van der Waals surface area contributed by atoms with Crippen molar-refractivity contribution in [3.63, 3.8) is 0 Å². The fraction of sp³-hybridized carbons (Fsp3) is 0.424. The van der Waals surface area contributed by atoms with Gasteiger partial charge in [-0.2, -0.15) is 21.6 Å². The topological polar surface area (TPSA) is 143 Å². The molecule has 4 heterocycles. The Morgan fingerprint density at radius 3 is 2.52 bits per heavy atom. The number of aromatic nitrogens is 4. The summed E-state index contributed by atoms with van der Waals surface area (Å²) in [5.41, 5.74) is 0.511. The first kappa shape index (κ1) is 35.1. The van der Waals surface area contributed by atoms with Crippen molar-refractivity contribution in [2.24, 2.45) is 5.41 Å². The van der Waals surface area contributed by atoms with Crippen LogP contribution in [0, 0.1) is 5.41 Å². The molecule has 0 amide bonds. The minimum Gasteiger partial charge on any atom is -0.476 e. The zero-order chi connectivity index (χ0) is 34.5. The van der Waals surface area contributed by atoms with Gasteiger partial charge in [0.05, 0.1) is 29.5 Å². The Kier molecular flexibility index (Phi) is 10.6. The monoisotopic (exact) mass is 688 g/mol. The molecule has 4 aromatic rings. The van der Waals surface area contributed by atoms with Gasteiger partial charge in [0, 0.05) is 30.9 Å². The average Bonchev–Trinajstić information content (AvgIpc) is 3.53. The van der Waals surface area contributed by atoms with Crippen LogP contribution in [0.2, 0.25) is 0 Å². The highest BCUT2D eigenvalue weighted by Gasteiger charge is 2.48. The van der Waals surface area contributed by atoms with Crippen LogP contribution in [0.15, 0.2) is 71.9 Å². The lowest BCUT2D eigenvalue weighted by Crippen LogP contribution is -2.37. The maximum atomic E-state index is 13.6. The summed E-state index contributed by atoms with van der Waals surface area (Å²) in [7, 11) is -4.23. The molecule has 0 aliphatic carbocycles. The Balaban J connectivity index is 1.54. The zero-order valence-electron chi connectivity index (χ0n) is 26.7. The van der Waals surface area contributed by atoms with Gasteiger partial charge in [0.15, 0.2) is 5.03 Å². The summed E-state index contributed by atoms with van der Waals surface area (Å²) in [5, 5.41) is 23.7. The van der Waals surface area contributed by atoms with Gasteiger partial charge in [0.1, 0.15) is 18.2 Å². The third kappa shape index (κ3) is 8.25.